The summed E-state index contributed by atoms with van der Waals surface area (Å²) in [6.45, 7) is 5.92. The van der Waals surface area contributed by atoms with Crippen LogP contribution in [-0.2, 0) is 16.4 Å². The first-order valence-electron chi connectivity index (χ1n) is 11.0. The number of nitrogens with zero attached hydrogens (tertiary/aromatic N) is 4. The average Bonchev–Trinajstić information content (AvgIpc) is 3.42. The van der Waals surface area contributed by atoms with Gasteiger partial charge in [-0.25, -0.2) is 21.8 Å². The third-order valence-electron chi connectivity index (χ3n) is 7.34. The van der Waals surface area contributed by atoms with Crippen LogP contribution in [0.1, 0.15) is 42.5 Å². The molecule has 1 aromatic carbocycles. The van der Waals surface area contributed by atoms with Crippen molar-refractivity contribution in [2.45, 2.75) is 44.9 Å². The molecule has 1 fully saturated rings. The second-order valence-corrected chi connectivity index (χ2v) is 11.4. The summed E-state index contributed by atoms with van der Waals surface area (Å²) in [5.74, 6) is 0.208. The van der Waals surface area contributed by atoms with E-state index in [1.165, 1.54) is 22.0 Å². The largest absolute Gasteiger partial charge is 0.360 e. The van der Waals surface area contributed by atoms with Gasteiger partial charge in [0.2, 0.25) is 10.0 Å². The summed E-state index contributed by atoms with van der Waals surface area (Å²) < 4.78 is 48.2. The molecule has 0 unspecified atom stereocenters. The molecule has 5 rings (SSSR count). The SMILES string of the molecule is Cc1noc(C)c1S(=O)(=O)N(C)C[C@H]1CCC2=Cc3c(cnn3-c3ccc(F)cc3)C[C@@]21C. The Morgan fingerprint density at radius 2 is 2.00 bits per heavy atom. The van der Waals surface area contributed by atoms with Gasteiger partial charge in [0.05, 0.1) is 17.6 Å². The summed E-state index contributed by atoms with van der Waals surface area (Å²) in [6.07, 6.45) is 6.68. The van der Waals surface area contributed by atoms with Crippen LogP contribution in [0.15, 0.2) is 45.5 Å². The third kappa shape index (κ3) is 3.45. The van der Waals surface area contributed by atoms with E-state index in [1.807, 2.05) is 10.9 Å². The summed E-state index contributed by atoms with van der Waals surface area (Å²) in [7, 11) is -2.06. The Morgan fingerprint density at radius 1 is 1.27 bits per heavy atom. The van der Waals surface area contributed by atoms with E-state index >= 15 is 0 Å². The van der Waals surface area contributed by atoms with Gasteiger partial charge in [0.15, 0.2) is 5.76 Å². The van der Waals surface area contributed by atoms with Crippen LogP contribution in [0.4, 0.5) is 4.39 Å². The van der Waals surface area contributed by atoms with E-state index in [1.54, 1.807) is 33.0 Å². The van der Waals surface area contributed by atoms with E-state index in [2.05, 4.69) is 23.3 Å². The molecule has 3 aromatic rings. The topological polar surface area (TPSA) is 81.2 Å². The second-order valence-electron chi connectivity index (χ2n) is 9.38. The average molecular weight is 471 g/mol. The van der Waals surface area contributed by atoms with Crippen molar-refractivity contribution in [2.75, 3.05) is 13.6 Å². The lowest BCUT2D eigenvalue weighted by Gasteiger charge is -2.37. The first-order valence-corrected chi connectivity index (χ1v) is 12.5. The summed E-state index contributed by atoms with van der Waals surface area (Å²) in [5, 5.41) is 8.37. The minimum absolute atomic E-state index is 0.147. The van der Waals surface area contributed by atoms with E-state index in [9.17, 15) is 12.8 Å². The van der Waals surface area contributed by atoms with Crippen LogP contribution >= 0.6 is 0 Å². The number of sulfonamides is 1. The van der Waals surface area contributed by atoms with Crippen molar-refractivity contribution in [1.29, 1.82) is 0 Å². The maximum absolute atomic E-state index is 13.4. The number of allylic oxidation sites excluding steroid dienone is 1. The first kappa shape index (κ1) is 22.0. The molecular formula is C24H27FN4O3S. The van der Waals surface area contributed by atoms with E-state index in [0.29, 0.717) is 18.0 Å². The number of hydrogen-bond donors (Lipinski definition) is 0. The van der Waals surface area contributed by atoms with Crippen molar-refractivity contribution in [3.63, 3.8) is 0 Å². The van der Waals surface area contributed by atoms with Crippen molar-refractivity contribution in [3.05, 3.63) is 64.6 Å². The summed E-state index contributed by atoms with van der Waals surface area (Å²) in [5.41, 5.74) is 4.50. The summed E-state index contributed by atoms with van der Waals surface area (Å²) >= 11 is 0. The fraction of sp³-hybridized carbons (Fsp3) is 0.417. The van der Waals surface area contributed by atoms with Gasteiger partial charge in [-0.15, -0.1) is 0 Å². The second kappa shape index (κ2) is 7.63. The Labute approximate surface area is 192 Å². The van der Waals surface area contributed by atoms with Crippen LogP contribution in [0.2, 0.25) is 0 Å². The van der Waals surface area contributed by atoms with E-state index in [4.69, 9.17) is 4.52 Å². The molecule has 0 aliphatic heterocycles. The molecule has 0 amide bonds. The van der Waals surface area contributed by atoms with Crippen LogP contribution in [0.25, 0.3) is 11.8 Å². The number of benzene rings is 1. The quantitative estimate of drug-likeness (QED) is 0.556. The zero-order chi connectivity index (χ0) is 23.5. The molecule has 0 radical (unpaired) electrons. The normalized spacial score (nSPS) is 22.4. The molecule has 2 aromatic heterocycles. The Hall–Kier alpha value is -2.78. The molecule has 174 valence electrons. The van der Waals surface area contributed by atoms with Gasteiger partial charge in [0.25, 0.3) is 0 Å². The molecule has 0 N–H and O–H groups in total. The summed E-state index contributed by atoms with van der Waals surface area (Å²) in [4.78, 5) is 0.162. The Kier molecular flexibility index (Phi) is 5.10. The number of rotatable bonds is 5. The maximum atomic E-state index is 13.4. The molecule has 9 heteroatoms. The predicted octanol–water partition coefficient (Wildman–Crippen LogP) is 4.29. The van der Waals surface area contributed by atoms with E-state index in [-0.39, 0.29) is 22.0 Å². The lowest BCUT2D eigenvalue weighted by Crippen LogP contribution is -2.39. The molecule has 2 heterocycles. The van der Waals surface area contributed by atoms with Gasteiger partial charge in [-0.2, -0.15) is 5.10 Å². The fourth-order valence-electron chi connectivity index (χ4n) is 5.42. The van der Waals surface area contributed by atoms with Crippen molar-refractivity contribution in [1.82, 2.24) is 19.2 Å². The smallest absolute Gasteiger partial charge is 0.248 e. The van der Waals surface area contributed by atoms with Crippen LogP contribution in [0.3, 0.4) is 0 Å². The predicted molar refractivity (Wildman–Crippen MR) is 122 cm³/mol. The Balaban J connectivity index is 1.42. The molecule has 7 nitrogen and oxygen atoms in total. The Morgan fingerprint density at radius 3 is 2.67 bits per heavy atom. The number of aryl methyl sites for hydroxylation is 2. The van der Waals surface area contributed by atoms with E-state index in [0.717, 1.165) is 36.2 Å². The minimum Gasteiger partial charge on any atom is -0.360 e. The highest BCUT2D eigenvalue weighted by molar-refractivity contribution is 7.89. The van der Waals surface area contributed by atoms with Crippen LogP contribution in [0, 0.1) is 31.0 Å². The molecular weight excluding hydrogens is 443 g/mol. The Bertz CT molecular complexity index is 1340. The number of fused-ring (bicyclic) bond motifs is 2. The van der Waals surface area contributed by atoms with Crippen molar-refractivity contribution >= 4 is 16.1 Å². The van der Waals surface area contributed by atoms with Crippen LogP contribution in [-0.4, -0.2) is 41.3 Å². The highest BCUT2D eigenvalue weighted by Crippen LogP contribution is 2.53. The van der Waals surface area contributed by atoms with Gasteiger partial charge in [0, 0.05) is 13.6 Å². The van der Waals surface area contributed by atoms with Crippen molar-refractivity contribution < 1.29 is 17.3 Å². The molecule has 2 aliphatic carbocycles. The van der Waals surface area contributed by atoms with Crippen LogP contribution < -0.4 is 0 Å². The first-order chi connectivity index (χ1) is 15.6. The van der Waals surface area contributed by atoms with Gasteiger partial charge in [0.1, 0.15) is 16.4 Å². The number of halogens is 1. The van der Waals surface area contributed by atoms with Gasteiger partial charge in [-0.05, 0) is 80.3 Å². The molecule has 0 saturated heterocycles. The molecule has 0 bridgehead atoms. The minimum atomic E-state index is -3.69. The fourth-order valence-corrected chi connectivity index (χ4v) is 6.92. The lowest BCUT2D eigenvalue weighted by atomic mass is 9.70. The van der Waals surface area contributed by atoms with E-state index < -0.39 is 10.0 Å². The molecule has 1 saturated carbocycles. The van der Waals surface area contributed by atoms with Gasteiger partial charge in [-0.3, -0.25) is 0 Å². The van der Waals surface area contributed by atoms with Gasteiger partial charge in [-0.1, -0.05) is 17.7 Å². The maximum Gasteiger partial charge on any atom is 0.248 e. The van der Waals surface area contributed by atoms with Crippen molar-refractivity contribution in [2.24, 2.45) is 11.3 Å². The highest BCUT2D eigenvalue weighted by Gasteiger charge is 2.47. The molecule has 33 heavy (non-hydrogen) atoms. The summed E-state index contributed by atoms with van der Waals surface area (Å²) in [6, 6.07) is 6.32. The van der Waals surface area contributed by atoms with Crippen molar-refractivity contribution in [3.8, 4) is 5.69 Å². The number of hydrogen-bond acceptors (Lipinski definition) is 5. The highest BCUT2D eigenvalue weighted by atomic mass is 32.2. The lowest BCUT2D eigenvalue weighted by molar-refractivity contribution is 0.233. The van der Waals surface area contributed by atoms with Gasteiger partial charge < -0.3 is 4.52 Å². The number of aromatic nitrogens is 3. The van der Waals surface area contributed by atoms with Crippen LogP contribution in [0.5, 0.6) is 0 Å². The third-order valence-corrected chi connectivity index (χ3v) is 9.40. The molecule has 2 aliphatic rings. The standard InChI is InChI=1S/C24H27FN4O3S/c1-15-23(16(2)32-27-15)33(30,31)28(4)14-19-6-5-18-11-22-17(12-24(18,19)3)13-26-29(22)21-9-7-20(25)8-10-21/h7-11,13,19H,5-6,12,14H2,1-4H3/t19-,24+/m1/s1. The van der Waals surface area contributed by atoms with Gasteiger partial charge >= 0.3 is 0 Å². The molecule has 2 atom stereocenters. The monoisotopic (exact) mass is 470 g/mol. The zero-order valence-corrected chi connectivity index (χ0v) is 20.0. The molecule has 0 spiro atoms. The zero-order valence-electron chi connectivity index (χ0n) is 19.2.